The lowest BCUT2D eigenvalue weighted by Gasteiger charge is -2.24. The molecule has 2 aromatic rings. The predicted molar refractivity (Wildman–Crippen MR) is 102 cm³/mol. The Morgan fingerprint density at radius 2 is 1.78 bits per heavy atom. The van der Waals surface area contributed by atoms with Crippen molar-refractivity contribution in [3.05, 3.63) is 69.8 Å². The van der Waals surface area contributed by atoms with Crippen molar-refractivity contribution in [1.29, 1.82) is 0 Å². The molecule has 5 heteroatoms. The molecule has 2 aromatic carbocycles. The molecule has 0 heterocycles. The Bertz CT molecular complexity index is 956. The van der Waals surface area contributed by atoms with Gasteiger partial charge in [-0.1, -0.05) is 31.2 Å². The highest BCUT2D eigenvalue weighted by Crippen LogP contribution is 2.40. The van der Waals surface area contributed by atoms with Crippen LogP contribution >= 0.6 is 0 Å². The van der Waals surface area contributed by atoms with Crippen LogP contribution in [0.15, 0.2) is 36.4 Å². The van der Waals surface area contributed by atoms with Gasteiger partial charge >= 0.3 is 0 Å². The Kier molecular flexibility index (Phi) is 5.15. The first-order valence-electron chi connectivity index (χ1n) is 8.75. The fourth-order valence-electron chi connectivity index (χ4n) is 3.49. The number of hydrogen-bond acceptors (Lipinski definition) is 5. The monoisotopic (exact) mass is 366 g/mol. The molecule has 0 saturated carbocycles. The number of rotatable bonds is 6. The van der Waals surface area contributed by atoms with Crippen LogP contribution in [0.25, 0.3) is 0 Å². The van der Waals surface area contributed by atoms with Gasteiger partial charge in [-0.15, -0.1) is 0 Å². The molecule has 0 fully saturated rings. The van der Waals surface area contributed by atoms with Gasteiger partial charge in [-0.2, -0.15) is 0 Å². The predicted octanol–water partition coefficient (Wildman–Crippen LogP) is 3.48. The number of hydrogen-bond donors (Lipinski definition) is 1. The zero-order valence-corrected chi connectivity index (χ0v) is 15.7. The minimum Gasteiger partial charge on any atom is -0.496 e. The molecule has 0 bridgehead atoms. The molecular formula is C22H22O5. The third kappa shape index (κ3) is 2.94. The van der Waals surface area contributed by atoms with Gasteiger partial charge in [0.1, 0.15) is 11.5 Å². The molecule has 0 unspecified atom stereocenters. The number of fused-ring (bicyclic) bond motifs is 2. The molecular weight excluding hydrogens is 344 g/mol. The van der Waals surface area contributed by atoms with Crippen molar-refractivity contribution < 1.29 is 24.2 Å². The maximum Gasteiger partial charge on any atom is 0.198 e. The first kappa shape index (κ1) is 18.9. The molecule has 5 nitrogen and oxygen atoms in total. The molecule has 140 valence electrons. The van der Waals surface area contributed by atoms with Gasteiger partial charge in [-0.25, -0.2) is 0 Å². The van der Waals surface area contributed by atoms with E-state index in [1.54, 1.807) is 24.3 Å². The van der Waals surface area contributed by atoms with Crippen molar-refractivity contribution >= 4 is 11.6 Å². The van der Waals surface area contributed by atoms with Crippen molar-refractivity contribution in [3.8, 4) is 11.5 Å². The molecule has 27 heavy (non-hydrogen) atoms. The summed E-state index contributed by atoms with van der Waals surface area (Å²) < 4.78 is 10.9. The van der Waals surface area contributed by atoms with E-state index in [1.165, 1.54) is 14.2 Å². The third-order valence-electron chi connectivity index (χ3n) is 4.97. The van der Waals surface area contributed by atoms with Crippen molar-refractivity contribution in [1.82, 2.24) is 0 Å². The van der Waals surface area contributed by atoms with E-state index in [0.29, 0.717) is 34.6 Å². The molecule has 1 aliphatic rings. The van der Waals surface area contributed by atoms with Gasteiger partial charge in [0.25, 0.3) is 0 Å². The van der Waals surface area contributed by atoms with Crippen molar-refractivity contribution in [3.63, 3.8) is 0 Å². The van der Waals surface area contributed by atoms with E-state index in [0.717, 1.165) is 12.0 Å². The molecule has 0 amide bonds. The number of aliphatic hydroxyl groups excluding tert-OH is 1. The number of allylic oxidation sites excluding steroid dienone is 1. The molecule has 0 spiro atoms. The minimum absolute atomic E-state index is 0.226. The fourth-order valence-corrected chi connectivity index (χ4v) is 3.49. The van der Waals surface area contributed by atoms with E-state index in [9.17, 15) is 14.7 Å². The molecule has 0 radical (unpaired) electrons. The van der Waals surface area contributed by atoms with E-state index >= 15 is 0 Å². The van der Waals surface area contributed by atoms with Gasteiger partial charge in [0.05, 0.1) is 32.0 Å². The number of carbonyl (C=O) groups excluding carboxylic acids is 2. The lowest BCUT2D eigenvalue weighted by Crippen LogP contribution is -2.24. The van der Waals surface area contributed by atoms with Gasteiger partial charge in [-0.3, -0.25) is 9.59 Å². The normalized spacial score (nSPS) is 12.4. The van der Waals surface area contributed by atoms with E-state index < -0.39 is 0 Å². The maximum atomic E-state index is 13.2. The number of benzene rings is 2. The second-order valence-electron chi connectivity index (χ2n) is 6.45. The van der Waals surface area contributed by atoms with Crippen molar-refractivity contribution in [2.24, 2.45) is 0 Å². The average molecular weight is 366 g/mol. The average Bonchev–Trinajstić information content (AvgIpc) is 2.70. The zero-order valence-electron chi connectivity index (χ0n) is 15.7. The Balaban J connectivity index is 2.32. The van der Waals surface area contributed by atoms with Gasteiger partial charge in [-0.05, 0) is 30.5 Å². The second-order valence-corrected chi connectivity index (χ2v) is 6.45. The van der Waals surface area contributed by atoms with Crippen LogP contribution in [0.2, 0.25) is 0 Å². The van der Waals surface area contributed by atoms with Crippen LogP contribution in [-0.2, 0) is 13.0 Å². The summed E-state index contributed by atoms with van der Waals surface area (Å²) in [6.07, 6.45) is 1.23. The highest BCUT2D eigenvalue weighted by molar-refractivity contribution is 6.30. The SMILES string of the molecule is C=C(CC)Cc1c(CO)cc2c(c1OC)C(=O)c1cccc(OC)c1C2=O. The van der Waals surface area contributed by atoms with Crippen LogP contribution in [0, 0.1) is 0 Å². The van der Waals surface area contributed by atoms with Crippen LogP contribution in [0.5, 0.6) is 11.5 Å². The summed E-state index contributed by atoms with van der Waals surface area (Å²) in [7, 11) is 2.93. The van der Waals surface area contributed by atoms with Crippen LogP contribution in [0.3, 0.4) is 0 Å². The minimum atomic E-state index is -0.314. The summed E-state index contributed by atoms with van der Waals surface area (Å²) >= 11 is 0. The first-order chi connectivity index (χ1) is 13.0. The van der Waals surface area contributed by atoms with Crippen LogP contribution < -0.4 is 9.47 Å². The van der Waals surface area contributed by atoms with Gasteiger partial charge in [0.2, 0.25) is 0 Å². The summed E-state index contributed by atoms with van der Waals surface area (Å²) in [4.78, 5) is 26.4. The molecule has 1 N–H and O–H groups in total. The van der Waals surface area contributed by atoms with Crippen LogP contribution in [0.1, 0.15) is 56.3 Å². The van der Waals surface area contributed by atoms with Gasteiger partial charge < -0.3 is 14.6 Å². The fraction of sp³-hybridized carbons (Fsp3) is 0.273. The van der Waals surface area contributed by atoms with Crippen LogP contribution in [-0.4, -0.2) is 30.9 Å². The quantitative estimate of drug-likeness (QED) is 0.676. The highest BCUT2D eigenvalue weighted by Gasteiger charge is 2.36. The summed E-state index contributed by atoms with van der Waals surface area (Å²) in [6, 6.07) is 6.54. The Hall–Kier alpha value is -2.92. The number of methoxy groups -OCH3 is 2. The smallest absolute Gasteiger partial charge is 0.198 e. The standard InChI is InChI=1S/C22H22O5/c1-5-12(2)9-15-13(11-23)10-16-19(22(15)27-4)20(24)14-7-6-8-17(26-3)18(14)21(16)25/h6-8,10,23H,2,5,9,11H2,1,3-4H3. The summed E-state index contributed by atoms with van der Waals surface area (Å²) in [6.45, 7) is 5.74. The summed E-state index contributed by atoms with van der Waals surface area (Å²) in [5.74, 6) is 0.0801. The number of ether oxygens (including phenoxy) is 2. The summed E-state index contributed by atoms with van der Waals surface area (Å²) in [5.41, 5.74) is 3.19. The van der Waals surface area contributed by atoms with E-state index in [-0.39, 0.29) is 34.9 Å². The van der Waals surface area contributed by atoms with Gasteiger partial charge in [0, 0.05) is 16.7 Å². The third-order valence-corrected chi connectivity index (χ3v) is 4.97. The molecule has 0 aliphatic heterocycles. The number of carbonyl (C=O) groups is 2. The van der Waals surface area contributed by atoms with Crippen molar-refractivity contribution in [2.75, 3.05) is 14.2 Å². The molecule has 0 atom stereocenters. The molecule has 0 saturated heterocycles. The molecule has 0 aromatic heterocycles. The van der Waals surface area contributed by atoms with E-state index in [2.05, 4.69) is 6.58 Å². The topological polar surface area (TPSA) is 72.8 Å². The largest absolute Gasteiger partial charge is 0.496 e. The van der Waals surface area contributed by atoms with Crippen LogP contribution in [0.4, 0.5) is 0 Å². The molecule has 3 rings (SSSR count). The second kappa shape index (κ2) is 7.37. The lowest BCUT2D eigenvalue weighted by atomic mass is 9.80. The number of ketones is 2. The number of aliphatic hydroxyl groups is 1. The zero-order chi connectivity index (χ0) is 19.7. The summed E-state index contributed by atoms with van der Waals surface area (Å²) in [5, 5.41) is 9.87. The highest BCUT2D eigenvalue weighted by atomic mass is 16.5. The Morgan fingerprint density at radius 3 is 2.37 bits per heavy atom. The first-order valence-corrected chi connectivity index (χ1v) is 8.75. The Morgan fingerprint density at radius 1 is 1.07 bits per heavy atom. The molecule has 1 aliphatic carbocycles. The maximum absolute atomic E-state index is 13.2. The van der Waals surface area contributed by atoms with Gasteiger partial charge in [0.15, 0.2) is 11.6 Å². The Labute approximate surface area is 158 Å². The lowest BCUT2D eigenvalue weighted by molar-refractivity contribution is 0.0973. The van der Waals surface area contributed by atoms with E-state index in [1.807, 2.05) is 6.92 Å². The van der Waals surface area contributed by atoms with Crippen molar-refractivity contribution in [2.45, 2.75) is 26.4 Å². The van der Waals surface area contributed by atoms with E-state index in [4.69, 9.17) is 9.47 Å².